The van der Waals surface area contributed by atoms with Gasteiger partial charge in [0.25, 0.3) is 5.91 Å². The van der Waals surface area contributed by atoms with Gasteiger partial charge in [-0.05, 0) is 78.4 Å². The van der Waals surface area contributed by atoms with Gasteiger partial charge in [-0.2, -0.15) is 5.26 Å². The fraction of sp³-hybridized carbons (Fsp3) is 0.556. The predicted octanol–water partition coefficient (Wildman–Crippen LogP) is 1.90. The Morgan fingerprint density at radius 2 is 1.39 bits per heavy atom. The van der Waals surface area contributed by atoms with Crippen molar-refractivity contribution in [3.8, 4) is 6.07 Å². The molecule has 0 heterocycles. The number of nitriles is 1. The lowest BCUT2D eigenvalue weighted by Gasteiger charge is -2.24. The average Bonchev–Trinajstić information content (AvgIpc) is 2.52. The molecule has 0 saturated heterocycles. The van der Waals surface area contributed by atoms with E-state index in [1.54, 1.807) is 24.3 Å². The molecule has 0 aromatic heterocycles. The lowest BCUT2D eigenvalue weighted by molar-refractivity contribution is 0.0744. The molecular formula is C18H28N4O. The lowest BCUT2D eigenvalue weighted by atomic mass is 10.1. The molecule has 0 N–H and O–H groups in total. The molecule has 5 nitrogen and oxygen atoms in total. The summed E-state index contributed by atoms with van der Waals surface area (Å²) in [6, 6.07) is 8.96. The first kappa shape index (κ1) is 19.1. The van der Waals surface area contributed by atoms with Crippen molar-refractivity contribution in [1.82, 2.24) is 14.7 Å². The second-order valence-electron chi connectivity index (χ2n) is 6.30. The highest BCUT2D eigenvalue weighted by Gasteiger charge is 2.15. The molecule has 0 aliphatic rings. The highest BCUT2D eigenvalue weighted by atomic mass is 16.2. The Bertz CT molecular complexity index is 503. The van der Waals surface area contributed by atoms with Crippen LogP contribution in [0.25, 0.3) is 0 Å². The first-order chi connectivity index (χ1) is 10.9. The smallest absolute Gasteiger partial charge is 0.253 e. The van der Waals surface area contributed by atoms with Gasteiger partial charge in [-0.15, -0.1) is 0 Å². The maximum atomic E-state index is 12.7. The quantitative estimate of drug-likeness (QED) is 0.698. The zero-order valence-corrected chi connectivity index (χ0v) is 14.7. The molecule has 0 bridgehead atoms. The van der Waals surface area contributed by atoms with Crippen molar-refractivity contribution >= 4 is 5.91 Å². The molecule has 0 aliphatic carbocycles. The molecule has 0 fully saturated rings. The van der Waals surface area contributed by atoms with Crippen LogP contribution in [0.5, 0.6) is 0 Å². The molecule has 1 rings (SSSR count). The fourth-order valence-electron chi connectivity index (χ4n) is 2.34. The van der Waals surface area contributed by atoms with Crippen LogP contribution in [0, 0.1) is 11.3 Å². The first-order valence-corrected chi connectivity index (χ1v) is 8.03. The molecule has 1 amide bonds. The minimum Gasteiger partial charge on any atom is -0.339 e. The Balaban J connectivity index is 2.70. The van der Waals surface area contributed by atoms with Gasteiger partial charge in [-0.25, -0.2) is 0 Å². The molecule has 23 heavy (non-hydrogen) atoms. The number of hydrogen-bond donors (Lipinski definition) is 0. The van der Waals surface area contributed by atoms with Crippen LogP contribution in [0.4, 0.5) is 0 Å². The highest BCUT2D eigenvalue weighted by molar-refractivity contribution is 5.94. The van der Waals surface area contributed by atoms with Crippen molar-refractivity contribution in [2.24, 2.45) is 0 Å². The average molecular weight is 316 g/mol. The largest absolute Gasteiger partial charge is 0.339 e. The van der Waals surface area contributed by atoms with E-state index in [0.717, 1.165) is 39.0 Å². The number of benzene rings is 1. The molecule has 0 aliphatic heterocycles. The Hall–Kier alpha value is -1.90. The van der Waals surface area contributed by atoms with Crippen molar-refractivity contribution in [1.29, 1.82) is 5.26 Å². The van der Waals surface area contributed by atoms with Gasteiger partial charge < -0.3 is 14.7 Å². The molecule has 126 valence electrons. The summed E-state index contributed by atoms with van der Waals surface area (Å²) in [6.07, 6.45) is 1.91. The number of carbonyl (C=O) groups is 1. The van der Waals surface area contributed by atoms with Gasteiger partial charge in [0.2, 0.25) is 0 Å². The summed E-state index contributed by atoms with van der Waals surface area (Å²) >= 11 is 0. The van der Waals surface area contributed by atoms with E-state index in [2.05, 4.69) is 15.9 Å². The van der Waals surface area contributed by atoms with Crippen molar-refractivity contribution in [3.63, 3.8) is 0 Å². The molecular weight excluding hydrogens is 288 g/mol. The normalized spacial score (nSPS) is 10.8. The third kappa shape index (κ3) is 7.27. The summed E-state index contributed by atoms with van der Waals surface area (Å²) in [7, 11) is 8.16. The topological polar surface area (TPSA) is 50.6 Å². The SMILES string of the molecule is CN(C)CCCN(CCCN(C)C)C(=O)c1ccc(C#N)cc1. The van der Waals surface area contributed by atoms with Gasteiger partial charge >= 0.3 is 0 Å². The minimum atomic E-state index is 0.0482. The second kappa shape index (κ2) is 9.98. The van der Waals surface area contributed by atoms with Crippen LogP contribution in [-0.4, -0.2) is 75.0 Å². The summed E-state index contributed by atoms with van der Waals surface area (Å²) in [5, 5.41) is 8.86. The summed E-state index contributed by atoms with van der Waals surface area (Å²) in [5.41, 5.74) is 1.23. The second-order valence-corrected chi connectivity index (χ2v) is 6.30. The summed E-state index contributed by atoms with van der Waals surface area (Å²) in [6.45, 7) is 3.44. The third-order valence-corrected chi connectivity index (χ3v) is 3.61. The number of hydrogen-bond acceptors (Lipinski definition) is 4. The van der Waals surface area contributed by atoms with E-state index >= 15 is 0 Å². The van der Waals surface area contributed by atoms with Crippen molar-refractivity contribution < 1.29 is 4.79 Å². The van der Waals surface area contributed by atoms with E-state index in [1.165, 1.54) is 0 Å². The molecule has 1 aromatic carbocycles. The number of amides is 1. The van der Waals surface area contributed by atoms with Crippen LogP contribution < -0.4 is 0 Å². The van der Waals surface area contributed by atoms with E-state index in [4.69, 9.17) is 5.26 Å². The van der Waals surface area contributed by atoms with Crippen LogP contribution in [0.1, 0.15) is 28.8 Å². The minimum absolute atomic E-state index is 0.0482. The molecule has 0 atom stereocenters. The standard InChI is InChI=1S/C18H28N4O/c1-20(2)11-5-13-22(14-6-12-21(3)4)18(23)17-9-7-16(15-19)8-10-17/h7-10H,5-6,11-14H2,1-4H3. The lowest BCUT2D eigenvalue weighted by Crippen LogP contribution is -2.35. The van der Waals surface area contributed by atoms with E-state index in [0.29, 0.717) is 11.1 Å². The summed E-state index contributed by atoms with van der Waals surface area (Å²) < 4.78 is 0. The first-order valence-electron chi connectivity index (χ1n) is 8.03. The fourth-order valence-corrected chi connectivity index (χ4v) is 2.34. The molecule has 0 saturated carbocycles. The van der Waals surface area contributed by atoms with Crippen molar-refractivity contribution in [2.45, 2.75) is 12.8 Å². The predicted molar refractivity (Wildman–Crippen MR) is 93.4 cm³/mol. The molecule has 0 radical (unpaired) electrons. The Morgan fingerprint density at radius 1 is 0.913 bits per heavy atom. The van der Waals surface area contributed by atoms with Crippen LogP contribution in [-0.2, 0) is 0 Å². The van der Waals surface area contributed by atoms with Gasteiger partial charge in [0.05, 0.1) is 11.6 Å². The zero-order chi connectivity index (χ0) is 17.2. The summed E-state index contributed by atoms with van der Waals surface area (Å²) in [4.78, 5) is 18.9. The molecule has 1 aromatic rings. The number of nitrogens with zero attached hydrogens (tertiary/aromatic N) is 4. The van der Waals surface area contributed by atoms with Crippen molar-refractivity contribution in [2.75, 3.05) is 54.4 Å². The zero-order valence-electron chi connectivity index (χ0n) is 14.7. The molecule has 0 spiro atoms. The Morgan fingerprint density at radius 3 is 1.78 bits per heavy atom. The van der Waals surface area contributed by atoms with Crippen LogP contribution >= 0.6 is 0 Å². The monoisotopic (exact) mass is 316 g/mol. The van der Waals surface area contributed by atoms with E-state index in [9.17, 15) is 4.79 Å². The maximum absolute atomic E-state index is 12.7. The van der Waals surface area contributed by atoms with Gasteiger partial charge in [0.1, 0.15) is 0 Å². The number of rotatable bonds is 9. The summed E-state index contributed by atoms with van der Waals surface area (Å²) in [5.74, 6) is 0.0482. The van der Waals surface area contributed by atoms with Gasteiger partial charge in [0, 0.05) is 18.7 Å². The van der Waals surface area contributed by atoms with E-state index < -0.39 is 0 Å². The van der Waals surface area contributed by atoms with Crippen LogP contribution in [0.15, 0.2) is 24.3 Å². The van der Waals surface area contributed by atoms with Crippen LogP contribution in [0.2, 0.25) is 0 Å². The number of carbonyl (C=O) groups excluding carboxylic acids is 1. The van der Waals surface area contributed by atoms with Gasteiger partial charge in [-0.3, -0.25) is 4.79 Å². The third-order valence-electron chi connectivity index (χ3n) is 3.61. The van der Waals surface area contributed by atoms with Gasteiger partial charge in [0.15, 0.2) is 0 Å². The Labute approximate surface area is 140 Å². The molecule has 0 unspecified atom stereocenters. The van der Waals surface area contributed by atoms with Gasteiger partial charge in [-0.1, -0.05) is 0 Å². The molecule has 5 heteroatoms. The van der Waals surface area contributed by atoms with Crippen molar-refractivity contribution in [3.05, 3.63) is 35.4 Å². The maximum Gasteiger partial charge on any atom is 0.253 e. The Kier molecular flexibility index (Phi) is 8.31. The highest BCUT2D eigenvalue weighted by Crippen LogP contribution is 2.09. The van der Waals surface area contributed by atoms with E-state index in [1.807, 2.05) is 33.1 Å². The van der Waals surface area contributed by atoms with Crippen LogP contribution in [0.3, 0.4) is 0 Å². The van der Waals surface area contributed by atoms with E-state index in [-0.39, 0.29) is 5.91 Å².